The van der Waals surface area contributed by atoms with Gasteiger partial charge in [0.2, 0.25) is 5.79 Å². The van der Waals surface area contributed by atoms with Crippen molar-refractivity contribution in [1.29, 1.82) is 0 Å². The minimum atomic E-state index is -1.24. The molecule has 1 aromatic carbocycles. The van der Waals surface area contributed by atoms with Gasteiger partial charge in [-0.15, -0.1) is 0 Å². The number of rotatable bonds is 6. The molecule has 0 bridgehead atoms. The molecule has 1 fully saturated rings. The Labute approximate surface area is 205 Å². The predicted octanol–water partition coefficient (Wildman–Crippen LogP) is 4.12. The molecule has 9 nitrogen and oxygen atoms in total. The third-order valence-electron chi connectivity index (χ3n) is 6.66. The van der Waals surface area contributed by atoms with Gasteiger partial charge in [-0.3, -0.25) is 5.73 Å². The molecule has 0 radical (unpaired) electrons. The number of nitrogens with zero attached hydrogens (tertiary/aromatic N) is 3. The van der Waals surface area contributed by atoms with Gasteiger partial charge in [0.15, 0.2) is 17.5 Å². The number of anilines is 2. The van der Waals surface area contributed by atoms with Crippen LogP contribution in [-0.2, 0) is 10.5 Å². The molecule has 2 aromatic heterocycles. The third kappa shape index (κ3) is 4.37. The molecule has 9 heteroatoms. The second kappa shape index (κ2) is 8.66. The summed E-state index contributed by atoms with van der Waals surface area (Å²) in [5.74, 6) is 1.43. The maximum absolute atomic E-state index is 6.85. The van der Waals surface area contributed by atoms with Crippen LogP contribution in [-0.4, -0.2) is 43.1 Å². The summed E-state index contributed by atoms with van der Waals surface area (Å²) in [7, 11) is 1.62. The smallest absolute Gasteiger partial charge is 0.212 e. The monoisotopic (exact) mass is 476 g/mol. The highest BCUT2D eigenvalue weighted by Gasteiger charge is 2.35. The van der Waals surface area contributed by atoms with E-state index in [0.29, 0.717) is 23.0 Å². The zero-order chi connectivity index (χ0) is 24.8. The lowest BCUT2D eigenvalue weighted by molar-refractivity contribution is 0.164. The second-order valence-electron chi connectivity index (χ2n) is 9.76. The van der Waals surface area contributed by atoms with Crippen LogP contribution in [0.5, 0.6) is 5.75 Å². The number of aryl methyl sites for hydroxylation is 3. The maximum atomic E-state index is 6.85. The first kappa shape index (κ1) is 23.3. The van der Waals surface area contributed by atoms with Crippen molar-refractivity contribution in [3.8, 4) is 17.1 Å². The molecular weight excluding hydrogens is 444 g/mol. The van der Waals surface area contributed by atoms with Gasteiger partial charge in [0, 0.05) is 48.5 Å². The quantitative estimate of drug-likeness (QED) is 0.486. The molecule has 0 spiro atoms. The van der Waals surface area contributed by atoms with E-state index in [4.69, 9.17) is 24.6 Å². The number of nitrogens with one attached hydrogen (secondary N) is 2. The maximum Gasteiger partial charge on any atom is 0.212 e. The van der Waals surface area contributed by atoms with E-state index in [-0.39, 0.29) is 5.41 Å². The van der Waals surface area contributed by atoms with Crippen LogP contribution < -0.4 is 21.1 Å². The SMILES string of the molecule is COc1cc(-c2oc(C)nc2C)ccc1C1(N)N=Cc2cc(C)nc(NCC3(C)CCOC3)c2N1. The Kier molecular flexibility index (Phi) is 5.77. The molecular formula is C26H32N6O3. The molecule has 35 heavy (non-hydrogen) atoms. The molecule has 4 heterocycles. The summed E-state index contributed by atoms with van der Waals surface area (Å²) >= 11 is 0. The average Bonchev–Trinajstić information content (AvgIpc) is 3.42. The number of methoxy groups -OCH3 is 1. The van der Waals surface area contributed by atoms with Gasteiger partial charge in [0.05, 0.1) is 30.7 Å². The summed E-state index contributed by atoms with van der Waals surface area (Å²) in [6, 6.07) is 7.75. The van der Waals surface area contributed by atoms with Crippen molar-refractivity contribution in [1.82, 2.24) is 9.97 Å². The third-order valence-corrected chi connectivity index (χ3v) is 6.66. The van der Waals surface area contributed by atoms with Crippen molar-refractivity contribution in [3.05, 3.63) is 52.7 Å². The molecule has 0 amide bonds. The van der Waals surface area contributed by atoms with Crippen molar-refractivity contribution in [2.24, 2.45) is 16.1 Å². The zero-order valence-corrected chi connectivity index (χ0v) is 20.9. The highest BCUT2D eigenvalue weighted by Crippen LogP contribution is 2.40. The number of fused-ring (bicyclic) bond motifs is 1. The van der Waals surface area contributed by atoms with E-state index in [1.54, 1.807) is 13.3 Å². The molecule has 3 aromatic rings. The van der Waals surface area contributed by atoms with Crippen molar-refractivity contribution in [3.63, 3.8) is 0 Å². The molecule has 0 saturated carbocycles. The minimum Gasteiger partial charge on any atom is -0.496 e. The van der Waals surface area contributed by atoms with Gasteiger partial charge < -0.3 is 24.5 Å². The molecule has 2 atom stereocenters. The van der Waals surface area contributed by atoms with Crippen molar-refractivity contribution in [2.75, 3.05) is 37.5 Å². The van der Waals surface area contributed by atoms with Crippen LogP contribution in [0.25, 0.3) is 11.3 Å². The lowest BCUT2D eigenvalue weighted by atomic mass is 9.90. The van der Waals surface area contributed by atoms with Gasteiger partial charge >= 0.3 is 0 Å². The van der Waals surface area contributed by atoms with Crippen LogP contribution in [0.2, 0.25) is 0 Å². The summed E-state index contributed by atoms with van der Waals surface area (Å²) in [6.45, 7) is 10.2. The molecule has 2 aliphatic rings. The summed E-state index contributed by atoms with van der Waals surface area (Å²) in [5, 5.41) is 6.96. The first-order valence-electron chi connectivity index (χ1n) is 11.8. The van der Waals surface area contributed by atoms with Crippen LogP contribution in [0.4, 0.5) is 11.5 Å². The van der Waals surface area contributed by atoms with Gasteiger partial charge in [-0.2, -0.15) is 0 Å². The Morgan fingerprint density at radius 3 is 2.71 bits per heavy atom. The Morgan fingerprint density at radius 1 is 1.20 bits per heavy atom. The predicted molar refractivity (Wildman–Crippen MR) is 136 cm³/mol. The fraction of sp³-hybridized carbons (Fsp3) is 0.423. The van der Waals surface area contributed by atoms with Crippen LogP contribution in [0.3, 0.4) is 0 Å². The average molecular weight is 477 g/mol. The van der Waals surface area contributed by atoms with Crippen LogP contribution in [0.15, 0.2) is 33.7 Å². The number of ether oxygens (including phenoxy) is 2. The largest absolute Gasteiger partial charge is 0.496 e. The summed E-state index contributed by atoms with van der Waals surface area (Å²) in [6.07, 6.45) is 2.81. The highest BCUT2D eigenvalue weighted by atomic mass is 16.5. The number of aliphatic imine (C=N–C) groups is 1. The molecule has 2 unspecified atom stereocenters. The molecule has 0 aliphatic carbocycles. The Bertz CT molecular complexity index is 1290. The van der Waals surface area contributed by atoms with Crippen molar-refractivity contribution < 1.29 is 13.9 Å². The van der Waals surface area contributed by atoms with Gasteiger partial charge in [0.25, 0.3) is 0 Å². The Hall–Kier alpha value is -3.43. The Balaban J connectivity index is 1.48. The van der Waals surface area contributed by atoms with Gasteiger partial charge in [-0.05, 0) is 38.5 Å². The fourth-order valence-electron chi connectivity index (χ4n) is 4.68. The van der Waals surface area contributed by atoms with E-state index in [1.165, 1.54) is 0 Å². The topological polar surface area (TPSA) is 120 Å². The van der Waals surface area contributed by atoms with E-state index in [0.717, 1.165) is 60.2 Å². The number of hydrogen-bond donors (Lipinski definition) is 3. The van der Waals surface area contributed by atoms with Crippen molar-refractivity contribution in [2.45, 2.75) is 39.9 Å². The number of hydrogen-bond acceptors (Lipinski definition) is 9. The van der Waals surface area contributed by atoms with E-state index in [1.807, 2.05) is 45.0 Å². The fourth-order valence-corrected chi connectivity index (χ4v) is 4.68. The van der Waals surface area contributed by atoms with Gasteiger partial charge in [0.1, 0.15) is 5.75 Å². The first-order chi connectivity index (χ1) is 16.7. The number of pyridine rings is 1. The normalized spacial score (nSPS) is 23.1. The van der Waals surface area contributed by atoms with Crippen LogP contribution in [0, 0.1) is 26.2 Å². The molecule has 2 aliphatic heterocycles. The number of oxazole rings is 1. The highest BCUT2D eigenvalue weighted by molar-refractivity contribution is 5.94. The number of aromatic nitrogens is 2. The lowest BCUT2D eigenvalue weighted by Gasteiger charge is -2.34. The summed E-state index contributed by atoms with van der Waals surface area (Å²) < 4.78 is 17.1. The first-order valence-corrected chi connectivity index (χ1v) is 11.8. The van der Waals surface area contributed by atoms with E-state index in [9.17, 15) is 0 Å². The van der Waals surface area contributed by atoms with Crippen LogP contribution in [0.1, 0.15) is 41.8 Å². The zero-order valence-electron chi connectivity index (χ0n) is 20.9. The lowest BCUT2D eigenvalue weighted by Crippen LogP contribution is -2.45. The van der Waals surface area contributed by atoms with E-state index in [2.05, 4.69) is 27.5 Å². The van der Waals surface area contributed by atoms with Crippen LogP contribution >= 0.6 is 0 Å². The van der Waals surface area contributed by atoms with Crippen molar-refractivity contribution >= 4 is 17.7 Å². The summed E-state index contributed by atoms with van der Waals surface area (Å²) in [4.78, 5) is 13.8. The summed E-state index contributed by atoms with van der Waals surface area (Å²) in [5.41, 5.74) is 11.9. The standard InChI is InChI=1S/C26H32N6O3/c1-15-10-19-12-29-26(27,32-22(19)24(30-15)28-13-25(4)8-9-34-14-25)20-7-6-18(11-21(20)33-5)23-16(2)31-17(3)35-23/h6-7,10-12,32H,8-9,13-14,27H2,1-5H3,(H,28,30). The molecule has 1 saturated heterocycles. The Morgan fingerprint density at radius 2 is 2.03 bits per heavy atom. The molecule has 5 rings (SSSR count). The number of nitrogens with two attached hydrogens (primary N) is 1. The van der Waals surface area contributed by atoms with E-state index < -0.39 is 5.79 Å². The molecule has 184 valence electrons. The molecule has 4 N–H and O–H groups in total. The minimum absolute atomic E-state index is 0.0666. The van der Waals surface area contributed by atoms with E-state index >= 15 is 0 Å². The van der Waals surface area contributed by atoms with Gasteiger partial charge in [-0.1, -0.05) is 13.0 Å². The number of benzene rings is 1. The van der Waals surface area contributed by atoms with Gasteiger partial charge in [-0.25, -0.2) is 15.0 Å². The second-order valence-corrected chi connectivity index (χ2v) is 9.76.